The van der Waals surface area contributed by atoms with Crippen molar-refractivity contribution in [3.05, 3.63) is 28.8 Å². The van der Waals surface area contributed by atoms with Crippen LogP contribution in [0.25, 0.3) is 10.2 Å². The van der Waals surface area contributed by atoms with E-state index in [4.69, 9.17) is 5.26 Å². The van der Waals surface area contributed by atoms with Crippen molar-refractivity contribution < 1.29 is 0 Å². The van der Waals surface area contributed by atoms with E-state index in [2.05, 4.69) is 37.0 Å². The van der Waals surface area contributed by atoms with Gasteiger partial charge in [0.1, 0.15) is 6.07 Å². The summed E-state index contributed by atoms with van der Waals surface area (Å²) in [4.78, 5) is 4.19. The Hall–Kier alpha value is -1.40. The number of benzene rings is 1. The van der Waals surface area contributed by atoms with Crippen molar-refractivity contribution in [2.75, 3.05) is 0 Å². The quantitative estimate of drug-likeness (QED) is 0.711. The SMILES string of the molecule is CC(C)c1ccc2nc(C#N)sc2c1. The molecule has 0 saturated heterocycles. The number of thiazole rings is 1. The second-order valence-electron chi connectivity index (χ2n) is 3.51. The van der Waals surface area contributed by atoms with Gasteiger partial charge in [0, 0.05) is 0 Å². The van der Waals surface area contributed by atoms with Gasteiger partial charge in [-0.2, -0.15) is 5.26 Å². The normalized spacial score (nSPS) is 10.7. The monoisotopic (exact) mass is 202 g/mol. The molecular formula is C11H10N2S. The Morgan fingerprint density at radius 1 is 1.43 bits per heavy atom. The lowest BCUT2D eigenvalue weighted by Gasteiger charge is -2.03. The fourth-order valence-electron chi connectivity index (χ4n) is 1.35. The number of nitrogens with zero attached hydrogens (tertiary/aromatic N) is 2. The van der Waals surface area contributed by atoms with E-state index in [0.717, 1.165) is 10.2 Å². The molecule has 2 aromatic rings. The van der Waals surface area contributed by atoms with Crippen molar-refractivity contribution in [1.82, 2.24) is 4.98 Å². The Morgan fingerprint density at radius 3 is 2.86 bits per heavy atom. The van der Waals surface area contributed by atoms with Gasteiger partial charge in [-0.3, -0.25) is 0 Å². The van der Waals surface area contributed by atoms with Crippen LogP contribution in [0, 0.1) is 11.3 Å². The van der Waals surface area contributed by atoms with Gasteiger partial charge in [0.05, 0.1) is 10.2 Å². The topological polar surface area (TPSA) is 36.7 Å². The molecule has 0 amide bonds. The van der Waals surface area contributed by atoms with Gasteiger partial charge in [0.2, 0.25) is 0 Å². The summed E-state index contributed by atoms with van der Waals surface area (Å²) in [6.45, 7) is 4.32. The second kappa shape index (κ2) is 3.39. The predicted molar refractivity (Wildman–Crippen MR) is 58.4 cm³/mol. The van der Waals surface area contributed by atoms with Crippen LogP contribution in [-0.2, 0) is 0 Å². The highest BCUT2D eigenvalue weighted by Gasteiger charge is 2.05. The molecule has 0 aliphatic rings. The zero-order chi connectivity index (χ0) is 10.1. The maximum atomic E-state index is 8.72. The van der Waals surface area contributed by atoms with Gasteiger partial charge in [-0.25, -0.2) is 4.98 Å². The summed E-state index contributed by atoms with van der Waals surface area (Å²) in [6, 6.07) is 8.26. The highest BCUT2D eigenvalue weighted by atomic mass is 32.1. The molecular weight excluding hydrogens is 192 g/mol. The summed E-state index contributed by atoms with van der Waals surface area (Å²) in [5.41, 5.74) is 2.22. The minimum atomic E-state index is 0.520. The number of nitriles is 1. The smallest absolute Gasteiger partial charge is 0.195 e. The van der Waals surface area contributed by atoms with Gasteiger partial charge >= 0.3 is 0 Å². The molecule has 0 aliphatic carbocycles. The van der Waals surface area contributed by atoms with Crippen molar-refractivity contribution >= 4 is 21.6 Å². The largest absolute Gasteiger partial charge is 0.226 e. The number of hydrogen-bond acceptors (Lipinski definition) is 3. The Bertz CT molecular complexity index is 505. The first-order valence-electron chi connectivity index (χ1n) is 4.51. The van der Waals surface area contributed by atoms with Crippen LogP contribution in [0.3, 0.4) is 0 Å². The molecule has 1 aromatic carbocycles. The predicted octanol–water partition coefficient (Wildman–Crippen LogP) is 3.29. The second-order valence-corrected chi connectivity index (χ2v) is 4.54. The van der Waals surface area contributed by atoms with Gasteiger partial charge < -0.3 is 0 Å². The van der Waals surface area contributed by atoms with E-state index in [1.165, 1.54) is 16.9 Å². The molecule has 1 aromatic heterocycles. The molecule has 2 nitrogen and oxygen atoms in total. The van der Waals surface area contributed by atoms with Crippen LogP contribution in [0.4, 0.5) is 0 Å². The summed E-state index contributed by atoms with van der Waals surface area (Å²) in [6.07, 6.45) is 0. The molecule has 0 radical (unpaired) electrons. The lowest BCUT2D eigenvalue weighted by molar-refractivity contribution is 0.869. The lowest BCUT2D eigenvalue weighted by Crippen LogP contribution is -1.84. The van der Waals surface area contributed by atoms with Gasteiger partial charge in [-0.1, -0.05) is 19.9 Å². The molecule has 0 unspecified atom stereocenters. The summed E-state index contributed by atoms with van der Waals surface area (Å²) in [7, 11) is 0. The molecule has 0 fully saturated rings. The number of aromatic nitrogens is 1. The molecule has 0 saturated carbocycles. The molecule has 0 bridgehead atoms. The third kappa shape index (κ3) is 1.49. The van der Waals surface area contributed by atoms with Crippen LogP contribution in [-0.4, -0.2) is 4.98 Å². The maximum Gasteiger partial charge on any atom is 0.195 e. The molecule has 0 atom stereocenters. The Kier molecular flexibility index (Phi) is 2.22. The third-order valence-corrected chi connectivity index (χ3v) is 3.10. The highest BCUT2D eigenvalue weighted by molar-refractivity contribution is 7.19. The van der Waals surface area contributed by atoms with E-state index in [-0.39, 0.29) is 0 Å². The highest BCUT2D eigenvalue weighted by Crippen LogP contribution is 2.25. The van der Waals surface area contributed by atoms with E-state index >= 15 is 0 Å². The molecule has 14 heavy (non-hydrogen) atoms. The minimum absolute atomic E-state index is 0.520. The number of fused-ring (bicyclic) bond motifs is 1. The standard InChI is InChI=1S/C11H10N2S/c1-7(2)8-3-4-9-10(5-8)14-11(6-12)13-9/h3-5,7H,1-2H3. The van der Waals surface area contributed by atoms with Gasteiger partial charge in [-0.05, 0) is 23.6 Å². The first-order chi connectivity index (χ1) is 6.70. The Balaban J connectivity index is 2.61. The zero-order valence-electron chi connectivity index (χ0n) is 8.11. The van der Waals surface area contributed by atoms with Crippen molar-refractivity contribution in [2.24, 2.45) is 0 Å². The summed E-state index contributed by atoms with van der Waals surface area (Å²) < 4.78 is 1.10. The number of hydrogen-bond donors (Lipinski definition) is 0. The Morgan fingerprint density at radius 2 is 2.21 bits per heavy atom. The van der Waals surface area contributed by atoms with Crippen LogP contribution in [0.1, 0.15) is 30.3 Å². The maximum absolute atomic E-state index is 8.72. The van der Waals surface area contributed by atoms with Gasteiger partial charge in [0.25, 0.3) is 0 Å². The average molecular weight is 202 g/mol. The van der Waals surface area contributed by atoms with Crippen molar-refractivity contribution in [3.8, 4) is 6.07 Å². The fourth-order valence-corrected chi connectivity index (χ4v) is 2.16. The summed E-state index contributed by atoms with van der Waals surface area (Å²) in [5, 5.41) is 9.26. The summed E-state index contributed by atoms with van der Waals surface area (Å²) >= 11 is 1.46. The van der Waals surface area contributed by atoms with Gasteiger partial charge in [-0.15, -0.1) is 11.3 Å². The van der Waals surface area contributed by atoms with E-state index < -0.39 is 0 Å². The summed E-state index contributed by atoms with van der Waals surface area (Å²) in [5.74, 6) is 0.520. The first-order valence-corrected chi connectivity index (χ1v) is 5.33. The minimum Gasteiger partial charge on any atom is -0.226 e. The molecule has 0 aliphatic heterocycles. The number of rotatable bonds is 1. The Labute approximate surface area is 86.8 Å². The molecule has 2 rings (SSSR count). The van der Waals surface area contributed by atoms with Gasteiger partial charge in [0.15, 0.2) is 5.01 Å². The fraction of sp³-hybridized carbons (Fsp3) is 0.273. The molecule has 1 heterocycles. The van der Waals surface area contributed by atoms with Crippen LogP contribution >= 0.6 is 11.3 Å². The average Bonchev–Trinajstić information content (AvgIpc) is 2.58. The van der Waals surface area contributed by atoms with E-state index in [1.807, 2.05) is 6.07 Å². The molecule has 70 valence electrons. The van der Waals surface area contributed by atoms with Crippen molar-refractivity contribution in [2.45, 2.75) is 19.8 Å². The molecule has 3 heteroatoms. The van der Waals surface area contributed by atoms with Crippen LogP contribution in [0.2, 0.25) is 0 Å². The lowest BCUT2D eigenvalue weighted by atomic mass is 10.0. The zero-order valence-corrected chi connectivity index (χ0v) is 8.93. The molecule has 0 spiro atoms. The van der Waals surface area contributed by atoms with E-state index in [9.17, 15) is 0 Å². The molecule has 0 N–H and O–H groups in total. The van der Waals surface area contributed by atoms with Crippen molar-refractivity contribution in [1.29, 1.82) is 5.26 Å². The van der Waals surface area contributed by atoms with Crippen LogP contribution < -0.4 is 0 Å². The third-order valence-electron chi connectivity index (χ3n) is 2.17. The van der Waals surface area contributed by atoms with E-state index in [1.54, 1.807) is 0 Å². The first kappa shape index (κ1) is 9.17. The van der Waals surface area contributed by atoms with Crippen molar-refractivity contribution in [3.63, 3.8) is 0 Å². The van der Waals surface area contributed by atoms with Crippen LogP contribution in [0.5, 0.6) is 0 Å². The van der Waals surface area contributed by atoms with E-state index in [0.29, 0.717) is 10.9 Å². The van der Waals surface area contributed by atoms with Crippen LogP contribution in [0.15, 0.2) is 18.2 Å².